The molecular weight excluding hydrogens is 344 g/mol. The molecule has 0 unspecified atom stereocenters. The van der Waals surface area contributed by atoms with Crippen molar-refractivity contribution in [2.45, 2.75) is 58.5 Å². The maximum absolute atomic E-state index is 9.56. The molecule has 0 fully saturated rings. The summed E-state index contributed by atoms with van der Waals surface area (Å²) in [5.41, 5.74) is 1.11. The lowest BCUT2D eigenvalue weighted by molar-refractivity contribution is 0.115. The zero-order valence-electron chi connectivity index (χ0n) is 17.4. The van der Waals surface area contributed by atoms with E-state index in [0.717, 1.165) is 11.3 Å². The van der Waals surface area contributed by atoms with Crippen LogP contribution in [0.25, 0.3) is 0 Å². The van der Waals surface area contributed by atoms with E-state index >= 15 is 0 Å². The van der Waals surface area contributed by atoms with Crippen molar-refractivity contribution in [2.75, 3.05) is 20.3 Å². The van der Waals surface area contributed by atoms with E-state index in [2.05, 4.69) is 33.9 Å². The number of benzene rings is 1. The lowest BCUT2D eigenvalue weighted by Crippen LogP contribution is -2.45. The first-order valence-corrected chi connectivity index (χ1v) is 12.2. The Bertz CT molecular complexity index is 546. The molecule has 0 saturated carbocycles. The van der Waals surface area contributed by atoms with E-state index < -0.39 is 8.32 Å². The Kier molecular flexibility index (Phi) is 9.03. The highest BCUT2D eigenvalue weighted by Gasteiger charge is 2.39. The maximum Gasteiger partial charge on any atom is 0.192 e. The topological polar surface area (TPSA) is 47.9 Å². The van der Waals surface area contributed by atoms with Crippen LogP contribution >= 0.6 is 0 Å². The molecular formula is C21H36O4Si. The van der Waals surface area contributed by atoms with E-state index in [9.17, 15) is 5.11 Å². The van der Waals surface area contributed by atoms with Gasteiger partial charge in [0.15, 0.2) is 8.32 Å². The molecule has 1 aromatic carbocycles. The van der Waals surface area contributed by atoms with Crippen molar-refractivity contribution in [3.63, 3.8) is 0 Å². The SMILES string of the molecule is COc1ccc(COC/C=C/[C@@H](O[Si](C)(C)C(C)(C)C)[C@H](C)CO)cc1. The first-order chi connectivity index (χ1) is 12.1. The fourth-order valence-corrected chi connectivity index (χ4v) is 3.47. The van der Waals surface area contributed by atoms with E-state index in [0.29, 0.717) is 13.2 Å². The molecule has 26 heavy (non-hydrogen) atoms. The van der Waals surface area contributed by atoms with Gasteiger partial charge in [-0.05, 0) is 35.8 Å². The third-order valence-electron chi connectivity index (χ3n) is 5.05. The summed E-state index contributed by atoms with van der Waals surface area (Å²) in [5, 5.41) is 9.70. The Labute approximate surface area is 160 Å². The lowest BCUT2D eigenvalue weighted by atomic mass is 10.1. The van der Waals surface area contributed by atoms with Gasteiger partial charge in [0.1, 0.15) is 5.75 Å². The van der Waals surface area contributed by atoms with E-state index in [1.165, 1.54) is 0 Å². The van der Waals surface area contributed by atoms with Crippen molar-refractivity contribution in [3.8, 4) is 5.75 Å². The molecule has 148 valence electrons. The number of methoxy groups -OCH3 is 1. The van der Waals surface area contributed by atoms with Gasteiger partial charge in [-0.1, -0.05) is 52.0 Å². The van der Waals surface area contributed by atoms with E-state index in [-0.39, 0.29) is 23.7 Å². The van der Waals surface area contributed by atoms with Gasteiger partial charge < -0.3 is 19.0 Å². The lowest BCUT2D eigenvalue weighted by Gasteiger charge is -2.40. The van der Waals surface area contributed by atoms with Gasteiger partial charge in [-0.3, -0.25) is 0 Å². The average molecular weight is 381 g/mol. The summed E-state index contributed by atoms with van der Waals surface area (Å²) in [6, 6.07) is 7.86. The standard InChI is InChI=1S/C21H36O4Si/c1-17(15-22)20(25-26(6,7)21(2,3)4)9-8-14-24-16-18-10-12-19(23-5)13-11-18/h8-13,17,20,22H,14-16H2,1-7H3/b9-8+/t17-,20-/m1/s1. The van der Waals surface area contributed by atoms with Crippen molar-refractivity contribution >= 4 is 8.32 Å². The first kappa shape index (κ1) is 22.9. The molecule has 0 heterocycles. The first-order valence-electron chi connectivity index (χ1n) is 9.26. The molecule has 5 heteroatoms. The van der Waals surface area contributed by atoms with Crippen molar-refractivity contribution in [1.29, 1.82) is 0 Å². The van der Waals surface area contributed by atoms with Crippen LogP contribution in [0, 0.1) is 5.92 Å². The quantitative estimate of drug-likeness (QED) is 0.360. The molecule has 0 amide bonds. The van der Waals surface area contributed by atoms with Crippen molar-refractivity contribution in [2.24, 2.45) is 5.92 Å². The van der Waals surface area contributed by atoms with E-state index in [1.807, 2.05) is 43.3 Å². The van der Waals surface area contributed by atoms with Gasteiger partial charge in [-0.2, -0.15) is 0 Å². The number of hydrogen-bond acceptors (Lipinski definition) is 4. The monoisotopic (exact) mass is 380 g/mol. The Morgan fingerprint density at radius 1 is 1.15 bits per heavy atom. The second kappa shape index (κ2) is 10.3. The molecule has 0 radical (unpaired) electrons. The number of aliphatic hydroxyl groups excluding tert-OH is 1. The molecule has 0 spiro atoms. The van der Waals surface area contributed by atoms with E-state index in [4.69, 9.17) is 13.9 Å². The van der Waals surface area contributed by atoms with Crippen LogP contribution in [0.5, 0.6) is 5.75 Å². The normalized spacial score (nSPS) is 15.2. The molecule has 4 nitrogen and oxygen atoms in total. The molecule has 2 atom stereocenters. The van der Waals surface area contributed by atoms with Gasteiger partial charge in [0.05, 0.1) is 26.4 Å². The van der Waals surface area contributed by atoms with E-state index in [1.54, 1.807) is 7.11 Å². The number of aliphatic hydroxyl groups is 1. The minimum Gasteiger partial charge on any atom is -0.497 e. The van der Waals surface area contributed by atoms with Gasteiger partial charge in [0.25, 0.3) is 0 Å². The highest BCUT2D eigenvalue weighted by Crippen LogP contribution is 2.38. The Morgan fingerprint density at radius 3 is 2.27 bits per heavy atom. The summed E-state index contributed by atoms with van der Waals surface area (Å²) in [6.07, 6.45) is 3.94. The van der Waals surface area contributed by atoms with Gasteiger partial charge in [-0.25, -0.2) is 0 Å². The number of rotatable bonds is 10. The molecule has 0 aliphatic heterocycles. The minimum atomic E-state index is -1.89. The molecule has 1 aromatic rings. The Balaban J connectivity index is 2.56. The molecule has 0 aliphatic rings. The number of ether oxygens (including phenoxy) is 2. The molecule has 0 aliphatic carbocycles. The van der Waals surface area contributed by atoms with Crippen LogP contribution in [0.2, 0.25) is 18.1 Å². The summed E-state index contributed by atoms with van der Waals surface area (Å²) in [7, 11) is -0.234. The van der Waals surface area contributed by atoms with Gasteiger partial charge in [0.2, 0.25) is 0 Å². The zero-order valence-corrected chi connectivity index (χ0v) is 18.4. The Morgan fingerprint density at radius 2 is 1.77 bits per heavy atom. The van der Waals surface area contributed by atoms with Crippen LogP contribution < -0.4 is 4.74 Å². The third kappa shape index (κ3) is 7.23. The predicted octanol–water partition coefficient (Wildman–Crippen LogP) is 4.79. The van der Waals surface area contributed by atoms with Crippen LogP contribution in [0.4, 0.5) is 0 Å². The molecule has 0 saturated heterocycles. The smallest absolute Gasteiger partial charge is 0.192 e. The largest absolute Gasteiger partial charge is 0.497 e. The summed E-state index contributed by atoms with van der Waals surface area (Å²) in [6.45, 7) is 14.3. The second-order valence-electron chi connectivity index (χ2n) is 8.29. The van der Waals surface area contributed by atoms with Crippen LogP contribution in [0.1, 0.15) is 33.3 Å². The van der Waals surface area contributed by atoms with Crippen LogP contribution in [0.15, 0.2) is 36.4 Å². The fourth-order valence-electron chi connectivity index (χ4n) is 2.12. The molecule has 0 aromatic heterocycles. The fraction of sp³-hybridized carbons (Fsp3) is 0.619. The zero-order chi connectivity index (χ0) is 19.8. The maximum atomic E-state index is 9.56. The van der Waals surface area contributed by atoms with Crippen molar-refractivity contribution < 1.29 is 19.0 Å². The van der Waals surface area contributed by atoms with Crippen molar-refractivity contribution in [3.05, 3.63) is 42.0 Å². The highest BCUT2D eigenvalue weighted by atomic mass is 28.4. The number of hydrogen-bond donors (Lipinski definition) is 1. The summed E-state index contributed by atoms with van der Waals surface area (Å²) < 4.78 is 17.3. The van der Waals surface area contributed by atoms with Gasteiger partial charge in [0, 0.05) is 12.5 Å². The van der Waals surface area contributed by atoms with Crippen molar-refractivity contribution in [1.82, 2.24) is 0 Å². The highest BCUT2D eigenvalue weighted by molar-refractivity contribution is 6.74. The summed E-state index contributed by atoms with van der Waals surface area (Å²) in [5.74, 6) is 0.902. The minimum absolute atomic E-state index is 0.0574. The summed E-state index contributed by atoms with van der Waals surface area (Å²) in [4.78, 5) is 0. The Hall–Kier alpha value is -1.14. The van der Waals surface area contributed by atoms with Crippen LogP contribution in [0.3, 0.4) is 0 Å². The predicted molar refractivity (Wildman–Crippen MR) is 110 cm³/mol. The van der Waals surface area contributed by atoms with Gasteiger partial charge >= 0.3 is 0 Å². The second-order valence-corrected chi connectivity index (χ2v) is 13.1. The third-order valence-corrected chi connectivity index (χ3v) is 9.53. The molecule has 1 N–H and O–H groups in total. The average Bonchev–Trinajstić information content (AvgIpc) is 2.59. The molecule has 0 bridgehead atoms. The van der Waals surface area contributed by atoms with Crippen LogP contribution in [-0.4, -0.2) is 39.9 Å². The van der Waals surface area contributed by atoms with Gasteiger partial charge in [-0.15, -0.1) is 0 Å². The van der Waals surface area contributed by atoms with Crippen LogP contribution in [-0.2, 0) is 15.8 Å². The summed E-state index contributed by atoms with van der Waals surface area (Å²) >= 11 is 0. The molecule has 1 rings (SSSR count).